The van der Waals surface area contributed by atoms with Gasteiger partial charge in [-0.1, -0.05) is 6.07 Å². The summed E-state index contributed by atoms with van der Waals surface area (Å²) >= 11 is 0. The first kappa shape index (κ1) is 17.1. The summed E-state index contributed by atoms with van der Waals surface area (Å²) in [5.74, 6) is -2.58. The van der Waals surface area contributed by atoms with Crippen molar-refractivity contribution in [2.45, 2.75) is 38.3 Å². The van der Waals surface area contributed by atoms with Crippen molar-refractivity contribution in [2.24, 2.45) is 0 Å². The second-order valence-electron chi connectivity index (χ2n) is 5.53. The van der Waals surface area contributed by atoms with E-state index in [-0.39, 0.29) is 18.0 Å². The van der Waals surface area contributed by atoms with E-state index in [1.54, 1.807) is 19.1 Å². The monoisotopic (exact) mass is 323 g/mol. The molecule has 2 rings (SSSR count). The first-order valence-electron chi connectivity index (χ1n) is 7.36. The van der Waals surface area contributed by atoms with Crippen LogP contribution in [-0.2, 0) is 4.79 Å². The van der Waals surface area contributed by atoms with Crippen molar-refractivity contribution in [3.63, 3.8) is 0 Å². The number of aliphatic hydroxyl groups excluding tert-OH is 1. The molecule has 2 aromatic rings. The molecule has 0 fully saturated rings. The molecule has 0 aliphatic carbocycles. The molecule has 0 radical (unpaired) electrons. The standard InChI is InChI=1S/C17H19F2NO3/c1-10(9-14(21)15-7-4-8-23-15)20-17(22)11(2)16-12(18)5-3-6-13(16)19/h3-8,10-11,14,21H,9H2,1-2H3,(H,20,22). The number of halogens is 2. The van der Waals surface area contributed by atoms with Crippen LogP contribution in [0.25, 0.3) is 0 Å². The predicted octanol–water partition coefficient (Wildman–Crippen LogP) is 3.29. The Morgan fingerprint density at radius 1 is 1.22 bits per heavy atom. The summed E-state index contributed by atoms with van der Waals surface area (Å²) in [7, 11) is 0. The Morgan fingerprint density at radius 3 is 2.43 bits per heavy atom. The molecule has 1 aromatic heterocycles. The molecular weight excluding hydrogens is 304 g/mol. The fourth-order valence-corrected chi connectivity index (χ4v) is 2.41. The second kappa shape index (κ2) is 7.37. The number of carbonyl (C=O) groups is 1. The van der Waals surface area contributed by atoms with Crippen LogP contribution in [0.2, 0.25) is 0 Å². The van der Waals surface area contributed by atoms with Crippen molar-refractivity contribution < 1.29 is 23.1 Å². The first-order chi connectivity index (χ1) is 10.9. The Kier molecular flexibility index (Phi) is 5.50. The van der Waals surface area contributed by atoms with E-state index in [9.17, 15) is 18.7 Å². The quantitative estimate of drug-likeness (QED) is 0.857. The Bertz CT molecular complexity index is 638. The van der Waals surface area contributed by atoms with Crippen LogP contribution in [0.15, 0.2) is 41.0 Å². The summed E-state index contributed by atoms with van der Waals surface area (Å²) in [6.07, 6.45) is 0.817. The summed E-state index contributed by atoms with van der Waals surface area (Å²) in [6, 6.07) is 6.39. The van der Waals surface area contributed by atoms with E-state index in [0.29, 0.717) is 5.76 Å². The molecule has 1 aromatic carbocycles. The van der Waals surface area contributed by atoms with Crippen molar-refractivity contribution >= 4 is 5.91 Å². The van der Waals surface area contributed by atoms with Gasteiger partial charge in [-0.05, 0) is 38.1 Å². The van der Waals surface area contributed by atoms with E-state index in [4.69, 9.17) is 4.42 Å². The Hall–Kier alpha value is -2.21. The minimum atomic E-state index is -0.973. The number of aliphatic hydroxyl groups is 1. The lowest BCUT2D eigenvalue weighted by molar-refractivity contribution is -0.123. The van der Waals surface area contributed by atoms with Crippen molar-refractivity contribution in [1.29, 1.82) is 0 Å². The fourth-order valence-electron chi connectivity index (χ4n) is 2.41. The molecule has 3 unspecified atom stereocenters. The van der Waals surface area contributed by atoms with E-state index in [1.165, 1.54) is 19.3 Å². The molecular formula is C17H19F2NO3. The number of carbonyl (C=O) groups excluding carboxylic acids is 1. The Labute approximate surface area is 133 Å². The van der Waals surface area contributed by atoms with E-state index >= 15 is 0 Å². The number of hydrogen-bond acceptors (Lipinski definition) is 3. The summed E-state index contributed by atoms with van der Waals surface area (Å²) in [6.45, 7) is 3.14. The van der Waals surface area contributed by atoms with Gasteiger partial charge in [0.1, 0.15) is 23.5 Å². The highest BCUT2D eigenvalue weighted by Gasteiger charge is 2.24. The molecule has 6 heteroatoms. The average Bonchev–Trinajstić information content (AvgIpc) is 3.00. The maximum atomic E-state index is 13.7. The molecule has 124 valence electrons. The van der Waals surface area contributed by atoms with Gasteiger partial charge in [-0.25, -0.2) is 8.78 Å². The van der Waals surface area contributed by atoms with Crippen molar-refractivity contribution in [3.05, 3.63) is 59.6 Å². The molecule has 0 aliphatic heterocycles. The largest absolute Gasteiger partial charge is 0.467 e. The summed E-state index contributed by atoms with van der Waals surface area (Å²) < 4.78 is 32.5. The molecule has 23 heavy (non-hydrogen) atoms. The van der Waals surface area contributed by atoms with Crippen LogP contribution in [0.1, 0.15) is 43.6 Å². The van der Waals surface area contributed by atoms with Crippen LogP contribution in [0.5, 0.6) is 0 Å². The van der Waals surface area contributed by atoms with Gasteiger partial charge < -0.3 is 14.8 Å². The highest BCUT2D eigenvalue weighted by Crippen LogP contribution is 2.23. The summed E-state index contributed by atoms with van der Waals surface area (Å²) in [4.78, 5) is 12.2. The van der Waals surface area contributed by atoms with Crippen LogP contribution in [0.3, 0.4) is 0 Å². The van der Waals surface area contributed by atoms with Crippen LogP contribution in [0, 0.1) is 11.6 Å². The SMILES string of the molecule is CC(CC(O)c1ccco1)NC(=O)C(C)c1c(F)cccc1F. The van der Waals surface area contributed by atoms with Gasteiger partial charge in [0.25, 0.3) is 0 Å². The highest BCUT2D eigenvalue weighted by molar-refractivity contribution is 5.83. The van der Waals surface area contributed by atoms with Gasteiger partial charge >= 0.3 is 0 Å². The van der Waals surface area contributed by atoms with E-state index in [0.717, 1.165) is 12.1 Å². The molecule has 1 amide bonds. The van der Waals surface area contributed by atoms with Gasteiger partial charge in [-0.3, -0.25) is 4.79 Å². The van der Waals surface area contributed by atoms with E-state index in [1.807, 2.05) is 0 Å². The van der Waals surface area contributed by atoms with Gasteiger partial charge in [0.15, 0.2) is 0 Å². The van der Waals surface area contributed by atoms with Crippen molar-refractivity contribution in [2.75, 3.05) is 0 Å². The van der Waals surface area contributed by atoms with Gasteiger partial charge in [-0.15, -0.1) is 0 Å². The smallest absolute Gasteiger partial charge is 0.227 e. The molecule has 0 aliphatic rings. The molecule has 3 atom stereocenters. The number of furan rings is 1. The van der Waals surface area contributed by atoms with Crippen LogP contribution < -0.4 is 5.32 Å². The van der Waals surface area contributed by atoms with E-state index in [2.05, 4.69) is 5.32 Å². The first-order valence-corrected chi connectivity index (χ1v) is 7.36. The van der Waals surface area contributed by atoms with Gasteiger partial charge in [0.05, 0.1) is 12.2 Å². The predicted molar refractivity (Wildman–Crippen MR) is 80.7 cm³/mol. The lowest BCUT2D eigenvalue weighted by Gasteiger charge is -2.20. The summed E-state index contributed by atoms with van der Waals surface area (Å²) in [5.41, 5.74) is -0.260. The molecule has 0 spiro atoms. The number of hydrogen-bond donors (Lipinski definition) is 2. The zero-order chi connectivity index (χ0) is 17.0. The van der Waals surface area contributed by atoms with E-state index < -0.39 is 29.6 Å². The lowest BCUT2D eigenvalue weighted by atomic mass is 9.98. The third kappa shape index (κ3) is 4.16. The summed E-state index contributed by atoms with van der Waals surface area (Å²) in [5, 5.41) is 12.6. The third-order valence-electron chi connectivity index (χ3n) is 3.66. The third-order valence-corrected chi connectivity index (χ3v) is 3.66. The number of nitrogens with one attached hydrogen (secondary N) is 1. The van der Waals surface area contributed by atoms with Gasteiger partial charge in [-0.2, -0.15) is 0 Å². The van der Waals surface area contributed by atoms with Gasteiger partial charge in [0, 0.05) is 18.0 Å². The van der Waals surface area contributed by atoms with Crippen LogP contribution in [-0.4, -0.2) is 17.1 Å². The Morgan fingerprint density at radius 2 is 1.87 bits per heavy atom. The minimum absolute atomic E-state index is 0.228. The zero-order valence-electron chi connectivity index (χ0n) is 12.9. The molecule has 0 saturated heterocycles. The van der Waals surface area contributed by atoms with Crippen molar-refractivity contribution in [3.8, 4) is 0 Å². The van der Waals surface area contributed by atoms with Crippen molar-refractivity contribution in [1.82, 2.24) is 5.32 Å². The molecule has 0 bridgehead atoms. The number of benzene rings is 1. The zero-order valence-corrected chi connectivity index (χ0v) is 12.9. The molecule has 1 heterocycles. The fraction of sp³-hybridized carbons (Fsp3) is 0.353. The maximum Gasteiger partial charge on any atom is 0.227 e. The minimum Gasteiger partial charge on any atom is -0.467 e. The average molecular weight is 323 g/mol. The Balaban J connectivity index is 1.98. The molecule has 0 saturated carbocycles. The second-order valence-corrected chi connectivity index (χ2v) is 5.53. The number of rotatable bonds is 6. The molecule has 2 N–H and O–H groups in total. The highest BCUT2D eigenvalue weighted by atomic mass is 19.1. The topological polar surface area (TPSA) is 62.5 Å². The lowest BCUT2D eigenvalue weighted by Crippen LogP contribution is -2.37. The number of amides is 1. The normalized spacial score (nSPS) is 15.0. The van der Waals surface area contributed by atoms with Gasteiger partial charge in [0.2, 0.25) is 5.91 Å². The molecule has 4 nitrogen and oxygen atoms in total. The maximum absolute atomic E-state index is 13.7. The van der Waals surface area contributed by atoms with Crippen LogP contribution in [0.4, 0.5) is 8.78 Å². The van der Waals surface area contributed by atoms with Crippen LogP contribution >= 0.6 is 0 Å².